The maximum absolute atomic E-state index is 11.7. The van der Waals surface area contributed by atoms with E-state index in [0.717, 1.165) is 19.3 Å². The zero-order valence-corrected chi connectivity index (χ0v) is 13.1. The van der Waals surface area contributed by atoms with Crippen molar-refractivity contribution in [3.05, 3.63) is 0 Å². The number of carbonyl (C=O) groups is 2. The summed E-state index contributed by atoms with van der Waals surface area (Å²) in [7, 11) is 0. The summed E-state index contributed by atoms with van der Waals surface area (Å²) in [6, 6.07) is 0.492. The lowest BCUT2D eigenvalue weighted by Gasteiger charge is -2.21. The Kier molecular flexibility index (Phi) is 6.91. The van der Waals surface area contributed by atoms with Gasteiger partial charge in [0.1, 0.15) is 12.2 Å². The number of carbonyl (C=O) groups excluding carboxylic acids is 2. The third-order valence-corrected chi connectivity index (χ3v) is 3.08. The predicted molar refractivity (Wildman–Crippen MR) is 78.8 cm³/mol. The third-order valence-electron chi connectivity index (χ3n) is 3.08. The van der Waals surface area contributed by atoms with Gasteiger partial charge in [-0.2, -0.15) is 0 Å². The van der Waals surface area contributed by atoms with Gasteiger partial charge in [0.05, 0.1) is 6.61 Å². The van der Waals surface area contributed by atoms with E-state index in [1.165, 1.54) is 0 Å². The molecule has 0 heterocycles. The fraction of sp³-hybridized carbons (Fsp3) is 0.857. The standard InChI is InChI=1S/C14H27N3O4/c1-14(2,3)21-13(19)17-11-5-4-10(8-11)16-6-7-20-9-12(15)18/h10-11,16H,4-9H2,1-3H3,(H2,15,18)(H,17,19). The molecule has 2 amide bonds. The quantitative estimate of drug-likeness (QED) is 0.595. The molecule has 1 aliphatic rings. The highest BCUT2D eigenvalue weighted by molar-refractivity contribution is 5.74. The smallest absolute Gasteiger partial charge is 0.407 e. The van der Waals surface area contributed by atoms with Gasteiger partial charge in [0.2, 0.25) is 5.91 Å². The number of alkyl carbamates (subject to hydrolysis) is 1. The fourth-order valence-corrected chi connectivity index (χ4v) is 2.28. The van der Waals surface area contributed by atoms with Crippen molar-refractivity contribution < 1.29 is 19.1 Å². The number of rotatable bonds is 7. The molecule has 0 aromatic rings. The Morgan fingerprint density at radius 1 is 1.24 bits per heavy atom. The van der Waals surface area contributed by atoms with Crippen LogP contribution in [0.15, 0.2) is 0 Å². The van der Waals surface area contributed by atoms with Gasteiger partial charge in [0.25, 0.3) is 0 Å². The Labute approximate surface area is 125 Å². The molecule has 7 heteroatoms. The monoisotopic (exact) mass is 301 g/mol. The molecule has 2 atom stereocenters. The van der Waals surface area contributed by atoms with E-state index in [9.17, 15) is 9.59 Å². The van der Waals surface area contributed by atoms with E-state index in [2.05, 4.69) is 10.6 Å². The summed E-state index contributed by atoms with van der Waals surface area (Å²) in [5, 5.41) is 6.23. The van der Waals surface area contributed by atoms with Crippen LogP contribution in [0.5, 0.6) is 0 Å². The van der Waals surface area contributed by atoms with Gasteiger partial charge in [0, 0.05) is 18.6 Å². The molecular weight excluding hydrogens is 274 g/mol. The molecule has 1 fully saturated rings. The molecule has 21 heavy (non-hydrogen) atoms. The molecule has 0 spiro atoms. The van der Waals surface area contributed by atoms with Gasteiger partial charge < -0.3 is 25.8 Å². The minimum Gasteiger partial charge on any atom is -0.444 e. The first-order valence-electron chi connectivity index (χ1n) is 7.35. The van der Waals surface area contributed by atoms with Gasteiger partial charge in [-0.15, -0.1) is 0 Å². The van der Waals surface area contributed by atoms with Crippen LogP contribution in [-0.4, -0.2) is 49.4 Å². The lowest BCUT2D eigenvalue weighted by atomic mass is 10.2. The van der Waals surface area contributed by atoms with Crippen LogP contribution in [0.4, 0.5) is 4.79 Å². The van der Waals surface area contributed by atoms with E-state index in [1.54, 1.807) is 0 Å². The van der Waals surface area contributed by atoms with E-state index in [4.69, 9.17) is 15.2 Å². The highest BCUT2D eigenvalue weighted by Gasteiger charge is 2.27. The van der Waals surface area contributed by atoms with Crippen molar-refractivity contribution in [1.82, 2.24) is 10.6 Å². The molecule has 2 unspecified atom stereocenters. The van der Waals surface area contributed by atoms with Crippen molar-refractivity contribution in [2.75, 3.05) is 19.8 Å². The predicted octanol–water partition coefficient (Wildman–Crippen LogP) is 0.524. The van der Waals surface area contributed by atoms with Crippen molar-refractivity contribution >= 4 is 12.0 Å². The van der Waals surface area contributed by atoms with Crippen molar-refractivity contribution in [2.45, 2.75) is 57.7 Å². The van der Waals surface area contributed by atoms with Gasteiger partial charge in [-0.05, 0) is 40.0 Å². The Morgan fingerprint density at radius 3 is 2.52 bits per heavy atom. The lowest BCUT2D eigenvalue weighted by Crippen LogP contribution is -2.39. The molecule has 7 nitrogen and oxygen atoms in total. The first-order chi connectivity index (χ1) is 9.76. The molecule has 0 bridgehead atoms. The van der Waals surface area contributed by atoms with Crippen LogP contribution in [0.3, 0.4) is 0 Å². The van der Waals surface area contributed by atoms with Crippen molar-refractivity contribution in [2.24, 2.45) is 5.73 Å². The second-order valence-corrected chi connectivity index (χ2v) is 6.33. The van der Waals surface area contributed by atoms with E-state index in [0.29, 0.717) is 19.2 Å². The molecule has 1 saturated carbocycles. The highest BCUT2D eigenvalue weighted by atomic mass is 16.6. The highest BCUT2D eigenvalue weighted by Crippen LogP contribution is 2.19. The molecule has 0 saturated heterocycles. The second-order valence-electron chi connectivity index (χ2n) is 6.33. The number of hydrogen-bond donors (Lipinski definition) is 3. The SMILES string of the molecule is CC(C)(C)OC(=O)NC1CCC(NCCOCC(N)=O)C1. The summed E-state index contributed by atoms with van der Waals surface area (Å²) in [5.41, 5.74) is 4.49. The molecule has 122 valence electrons. The topological polar surface area (TPSA) is 103 Å². The van der Waals surface area contributed by atoms with Crippen LogP contribution < -0.4 is 16.4 Å². The molecule has 0 aliphatic heterocycles. The van der Waals surface area contributed by atoms with Crippen LogP contribution in [0, 0.1) is 0 Å². The van der Waals surface area contributed by atoms with Gasteiger partial charge in [-0.3, -0.25) is 4.79 Å². The lowest BCUT2D eigenvalue weighted by molar-refractivity contribution is -0.122. The zero-order chi connectivity index (χ0) is 15.9. The Balaban J connectivity index is 2.12. The number of amides is 2. The first-order valence-corrected chi connectivity index (χ1v) is 7.35. The first kappa shape index (κ1) is 17.7. The van der Waals surface area contributed by atoms with Gasteiger partial charge >= 0.3 is 6.09 Å². The van der Waals surface area contributed by atoms with E-state index in [-0.39, 0.29) is 18.7 Å². The molecule has 1 rings (SSSR count). The summed E-state index contributed by atoms with van der Waals surface area (Å²) >= 11 is 0. The summed E-state index contributed by atoms with van der Waals surface area (Å²) < 4.78 is 10.3. The number of primary amides is 1. The number of ether oxygens (including phenoxy) is 2. The average Bonchev–Trinajstić information content (AvgIpc) is 2.73. The number of nitrogens with two attached hydrogens (primary N) is 1. The fourth-order valence-electron chi connectivity index (χ4n) is 2.28. The minimum absolute atomic E-state index is 0.0465. The van der Waals surface area contributed by atoms with E-state index < -0.39 is 11.5 Å². The third kappa shape index (κ3) is 8.52. The molecule has 0 aromatic heterocycles. The van der Waals surface area contributed by atoms with Crippen LogP contribution in [0.1, 0.15) is 40.0 Å². The molecule has 1 aliphatic carbocycles. The normalized spacial score (nSPS) is 22.0. The summed E-state index contributed by atoms with van der Waals surface area (Å²) in [6.45, 7) is 6.60. The Hall–Kier alpha value is -1.34. The van der Waals surface area contributed by atoms with Crippen LogP contribution in [0.25, 0.3) is 0 Å². The minimum atomic E-state index is -0.474. The van der Waals surface area contributed by atoms with Crippen LogP contribution in [-0.2, 0) is 14.3 Å². The van der Waals surface area contributed by atoms with Crippen LogP contribution in [0.2, 0.25) is 0 Å². The maximum atomic E-state index is 11.7. The Bertz CT molecular complexity index is 355. The summed E-state index contributed by atoms with van der Waals surface area (Å²) in [4.78, 5) is 22.2. The van der Waals surface area contributed by atoms with E-state index >= 15 is 0 Å². The number of hydrogen-bond acceptors (Lipinski definition) is 5. The molecule has 0 radical (unpaired) electrons. The van der Waals surface area contributed by atoms with Crippen LogP contribution >= 0.6 is 0 Å². The van der Waals surface area contributed by atoms with Crippen molar-refractivity contribution in [1.29, 1.82) is 0 Å². The molecule has 0 aromatic carbocycles. The van der Waals surface area contributed by atoms with Gasteiger partial charge in [0.15, 0.2) is 0 Å². The second kappa shape index (κ2) is 8.19. The summed E-state index contributed by atoms with van der Waals surface area (Å²) in [6.07, 6.45) is 2.43. The average molecular weight is 301 g/mol. The van der Waals surface area contributed by atoms with Crippen molar-refractivity contribution in [3.63, 3.8) is 0 Å². The largest absolute Gasteiger partial charge is 0.444 e. The summed E-state index contributed by atoms with van der Waals surface area (Å²) in [5.74, 6) is -0.461. The Morgan fingerprint density at radius 2 is 1.90 bits per heavy atom. The van der Waals surface area contributed by atoms with E-state index in [1.807, 2.05) is 20.8 Å². The maximum Gasteiger partial charge on any atom is 0.407 e. The number of nitrogens with one attached hydrogen (secondary N) is 2. The van der Waals surface area contributed by atoms with Crippen molar-refractivity contribution in [3.8, 4) is 0 Å². The molecular formula is C14H27N3O4. The molecule has 4 N–H and O–H groups in total. The zero-order valence-electron chi connectivity index (χ0n) is 13.1. The van der Waals surface area contributed by atoms with Gasteiger partial charge in [-0.1, -0.05) is 0 Å². The van der Waals surface area contributed by atoms with Gasteiger partial charge in [-0.25, -0.2) is 4.79 Å².